The van der Waals surface area contributed by atoms with Crippen LogP contribution in [0.3, 0.4) is 0 Å². The van der Waals surface area contributed by atoms with E-state index in [4.69, 9.17) is 9.47 Å². The lowest BCUT2D eigenvalue weighted by Gasteiger charge is -2.39. The smallest absolute Gasteiger partial charge is 0.122 e. The molecule has 1 aliphatic carbocycles. The number of aliphatic hydroxyl groups excluding tert-OH is 3. The summed E-state index contributed by atoms with van der Waals surface area (Å²) in [5.41, 5.74) is 1.95. The molecule has 0 radical (unpaired) electrons. The lowest BCUT2D eigenvalue weighted by atomic mass is 9.77. The van der Waals surface area contributed by atoms with E-state index in [1.807, 2.05) is 18.2 Å². The molecule has 0 aromatic heterocycles. The molecule has 3 rings (SSSR count). The summed E-state index contributed by atoms with van der Waals surface area (Å²) in [6.45, 7) is 3.98. The summed E-state index contributed by atoms with van der Waals surface area (Å²) in [6, 6.07) is 5.85. The van der Waals surface area contributed by atoms with Crippen LogP contribution in [0.25, 0.3) is 0 Å². The topological polar surface area (TPSA) is 79.2 Å². The lowest BCUT2D eigenvalue weighted by Crippen LogP contribution is -2.53. The van der Waals surface area contributed by atoms with Gasteiger partial charge in [0.2, 0.25) is 0 Å². The van der Waals surface area contributed by atoms with Crippen molar-refractivity contribution >= 4 is 0 Å². The Labute approximate surface area is 168 Å². The Balaban J connectivity index is 1.74. The van der Waals surface area contributed by atoms with Gasteiger partial charge in [-0.3, -0.25) is 0 Å². The number of hydrogen-bond donors (Lipinski definition) is 3. The molecule has 28 heavy (non-hydrogen) atoms. The maximum Gasteiger partial charge on any atom is 0.122 e. The van der Waals surface area contributed by atoms with Gasteiger partial charge in [0.25, 0.3) is 0 Å². The summed E-state index contributed by atoms with van der Waals surface area (Å²) in [6.07, 6.45) is 4.06. The van der Waals surface area contributed by atoms with Crippen molar-refractivity contribution in [2.24, 2.45) is 11.8 Å². The predicted octanol–water partition coefficient (Wildman–Crippen LogP) is 3.39. The zero-order chi connectivity index (χ0) is 20.3. The summed E-state index contributed by atoms with van der Waals surface area (Å²) in [4.78, 5) is 0. The molecule has 0 amide bonds. The van der Waals surface area contributed by atoms with E-state index in [1.165, 1.54) is 38.5 Å². The monoisotopic (exact) mass is 392 g/mol. The van der Waals surface area contributed by atoms with Gasteiger partial charge in [0, 0.05) is 0 Å². The van der Waals surface area contributed by atoms with Crippen LogP contribution >= 0.6 is 0 Å². The van der Waals surface area contributed by atoms with Crippen molar-refractivity contribution in [1.29, 1.82) is 0 Å². The second-order valence-corrected chi connectivity index (χ2v) is 8.68. The fraction of sp³-hybridized carbons (Fsp3) is 0.739. The molecule has 5 unspecified atom stereocenters. The molecule has 5 heteroatoms. The number of benzene rings is 1. The van der Waals surface area contributed by atoms with Gasteiger partial charge in [-0.15, -0.1) is 0 Å². The summed E-state index contributed by atoms with van der Waals surface area (Å²) >= 11 is 0. The van der Waals surface area contributed by atoms with Crippen LogP contribution in [0.4, 0.5) is 0 Å². The molecule has 1 heterocycles. The quantitative estimate of drug-likeness (QED) is 0.692. The Morgan fingerprint density at radius 3 is 2.32 bits per heavy atom. The molecular formula is C23H36O5. The van der Waals surface area contributed by atoms with Crippen LogP contribution in [-0.2, 0) is 11.2 Å². The van der Waals surface area contributed by atoms with E-state index in [-0.39, 0.29) is 0 Å². The molecule has 1 aromatic carbocycles. The van der Waals surface area contributed by atoms with Crippen LogP contribution in [0.1, 0.15) is 69.6 Å². The Hall–Kier alpha value is -1.14. The van der Waals surface area contributed by atoms with Gasteiger partial charge in [-0.25, -0.2) is 0 Å². The average Bonchev–Trinajstić information content (AvgIpc) is 2.71. The minimum absolute atomic E-state index is 0.539. The second-order valence-electron chi connectivity index (χ2n) is 8.68. The molecule has 1 aromatic rings. The molecular weight excluding hydrogens is 356 g/mol. The summed E-state index contributed by atoms with van der Waals surface area (Å²) < 4.78 is 11.4. The first kappa shape index (κ1) is 21.6. The van der Waals surface area contributed by atoms with Crippen molar-refractivity contribution in [1.82, 2.24) is 0 Å². The summed E-state index contributed by atoms with van der Waals surface area (Å²) in [7, 11) is 1.69. The van der Waals surface area contributed by atoms with Crippen LogP contribution in [-0.4, -0.2) is 46.8 Å². The fourth-order valence-corrected chi connectivity index (χ4v) is 4.91. The maximum atomic E-state index is 10.4. The summed E-state index contributed by atoms with van der Waals surface area (Å²) in [5, 5.41) is 30.5. The van der Waals surface area contributed by atoms with Crippen LogP contribution in [0, 0.1) is 11.8 Å². The third-order valence-electron chi connectivity index (χ3n) is 6.66. The number of aliphatic hydroxyl groups is 3. The molecule has 1 aliphatic heterocycles. The number of hydrogen-bond acceptors (Lipinski definition) is 5. The molecule has 2 fully saturated rings. The number of ether oxygens (including phenoxy) is 2. The van der Waals surface area contributed by atoms with Crippen molar-refractivity contribution in [2.45, 2.75) is 89.3 Å². The minimum atomic E-state index is -1.21. The lowest BCUT2D eigenvalue weighted by molar-refractivity contribution is -0.219. The van der Waals surface area contributed by atoms with Crippen LogP contribution in [0.15, 0.2) is 18.2 Å². The van der Waals surface area contributed by atoms with Crippen molar-refractivity contribution < 1.29 is 24.8 Å². The van der Waals surface area contributed by atoms with Gasteiger partial charge in [0.1, 0.15) is 30.2 Å². The third kappa shape index (κ3) is 4.70. The Bertz CT molecular complexity index is 625. The van der Waals surface area contributed by atoms with E-state index in [2.05, 4.69) is 6.92 Å². The largest absolute Gasteiger partial charge is 0.496 e. The van der Waals surface area contributed by atoms with E-state index >= 15 is 0 Å². The van der Waals surface area contributed by atoms with E-state index in [0.29, 0.717) is 5.92 Å². The Morgan fingerprint density at radius 1 is 1.00 bits per heavy atom. The molecule has 3 N–H and O–H groups in total. The van der Waals surface area contributed by atoms with Gasteiger partial charge < -0.3 is 24.8 Å². The first-order valence-electron chi connectivity index (χ1n) is 10.8. The molecule has 2 aliphatic rings. The zero-order valence-corrected chi connectivity index (χ0v) is 17.4. The first-order valence-corrected chi connectivity index (χ1v) is 10.8. The first-order chi connectivity index (χ1) is 13.4. The van der Waals surface area contributed by atoms with Gasteiger partial charge in [-0.05, 0) is 61.3 Å². The van der Waals surface area contributed by atoms with Crippen LogP contribution in [0.2, 0.25) is 0 Å². The summed E-state index contributed by atoms with van der Waals surface area (Å²) in [5.74, 6) is 2.40. The van der Waals surface area contributed by atoms with E-state index in [9.17, 15) is 15.3 Å². The highest BCUT2D eigenvalue weighted by atomic mass is 16.5. The highest BCUT2D eigenvalue weighted by Gasteiger charge is 2.42. The molecule has 5 nitrogen and oxygen atoms in total. The van der Waals surface area contributed by atoms with Crippen molar-refractivity contribution in [2.75, 3.05) is 7.11 Å². The van der Waals surface area contributed by atoms with Crippen LogP contribution < -0.4 is 4.74 Å². The van der Waals surface area contributed by atoms with Gasteiger partial charge in [-0.2, -0.15) is 0 Å². The Kier molecular flexibility index (Phi) is 7.37. The highest BCUT2D eigenvalue weighted by Crippen LogP contribution is 2.38. The highest BCUT2D eigenvalue weighted by molar-refractivity contribution is 5.39. The molecule has 0 spiro atoms. The van der Waals surface area contributed by atoms with Gasteiger partial charge in [0.15, 0.2) is 0 Å². The van der Waals surface area contributed by atoms with E-state index in [0.717, 1.165) is 29.2 Å². The second kappa shape index (κ2) is 9.57. The maximum absolute atomic E-state index is 10.4. The minimum Gasteiger partial charge on any atom is -0.496 e. The standard InChI is InChI=1S/C23H36O5/c1-4-5-15-6-8-16(9-7-15)12-18-13-17(10-11-19(18)27-3)23-22(26)21(25)20(24)14(2)28-23/h10-11,13-16,20-26H,4-9,12H2,1-3H3. The van der Waals surface area contributed by atoms with Crippen LogP contribution in [0.5, 0.6) is 5.75 Å². The molecule has 1 saturated heterocycles. The predicted molar refractivity (Wildman–Crippen MR) is 108 cm³/mol. The van der Waals surface area contributed by atoms with Gasteiger partial charge >= 0.3 is 0 Å². The SMILES string of the molecule is CCCC1CCC(Cc2cc(C3OC(C)C(O)C(O)C3O)ccc2OC)CC1. The molecule has 158 valence electrons. The fourth-order valence-electron chi connectivity index (χ4n) is 4.91. The van der Waals surface area contributed by atoms with E-state index in [1.54, 1.807) is 14.0 Å². The van der Waals surface area contributed by atoms with Crippen molar-refractivity contribution in [3.63, 3.8) is 0 Å². The third-order valence-corrected chi connectivity index (χ3v) is 6.66. The normalized spacial score (nSPS) is 36.3. The zero-order valence-electron chi connectivity index (χ0n) is 17.4. The van der Waals surface area contributed by atoms with Gasteiger partial charge in [-0.1, -0.05) is 38.7 Å². The van der Waals surface area contributed by atoms with E-state index < -0.39 is 30.5 Å². The average molecular weight is 393 g/mol. The van der Waals surface area contributed by atoms with Gasteiger partial charge in [0.05, 0.1) is 13.2 Å². The van der Waals surface area contributed by atoms with Crippen molar-refractivity contribution in [3.8, 4) is 5.75 Å². The number of methoxy groups -OCH3 is 1. The van der Waals surface area contributed by atoms with Crippen molar-refractivity contribution in [3.05, 3.63) is 29.3 Å². The molecule has 0 bridgehead atoms. The molecule has 1 saturated carbocycles. The Morgan fingerprint density at radius 2 is 1.68 bits per heavy atom. The number of rotatable bonds is 6. The molecule has 5 atom stereocenters.